The summed E-state index contributed by atoms with van der Waals surface area (Å²) in [6, 6.07) is 0. The summed E-state index contributed by atoms with van der Waals surface area (Å²) in [5.41, 5.74) is -0.0269. The molecular formula is C15H27NO. The molecule has 0 aromatic heterocycles. The predicted octanol–water partition coefficient (Wildman–Crippen LogP) is 3.61. The molecule has 98 valence electrons. The summed E-state index contributed by atoms with van der Waals surface area (Å²) in [4.78, 5) is 15.0. The van der Waals surface area contributed by atoms with Crippen molar-refractivity contribution in [2.24, 2.45) is 11.3 Å². The zero-order chi connectivity index (χ0) is 12.3. The van der Waals surface area contributed by atoms with Crippen molar-refractivity contribution >= 4 is 5.91 Å². The third kappa shape index (κ3) is 2.36. The Kier molecular flexibility index (Phi) is 4.11. The minimum atomic E-state index is -0.0269. The van der Waals surface area contributed by atoms with E-state index in [0.29, 0.717) is 11.8 Å². The first-order chi connectivity index (χ1) is 8.20. The minimum absolute atomic E-state index is 0.0269. The van der Waals surface area contributed by atoms with Crippen molar-refractivity contribution in [2.75, 3.05) is 13.1 Å². The molecule has 0 bridgehead atoms. The van der Waals surface area contributed by atoms with E-state index in [9.17, 15) is 4.79 Å². The van der Waals surface area contributed by atoms with Crippen LogP contribution in [-0.2, 0) is 4.79 Å². The molecule has 0 spiro atoms. The molecule has 1 aliphatic heterocycles. The zero-order valence-corrected chi connectivity index (χ0v) is 11.5. The van der Waals surface area contributed by atoms with Crippen LogP contribution in [0.1, 0.15) is 65.2 Å². The van der Waals surface area contributed by atoms with E-state index in [-0.39, 0.29) is 5.41 Å². The van der Waals surface area contributed by atoms with Crippen molar-refractivity contribution < 1.29 is 4.79 Å². The van der Waals surface area contributed by atoms with Crippen LogP contribution in [0.4, 0.5) is 0 Å². The largest absolute Gasteiger partial charge is 0.342 e. The summed E-state index contributed by atoms with van der Waals surface area (Å²) in [5.74, 6) is 1.05. The zero-order valence-electron chi connectivity index (χ0n) is 11.5. The van der Waals surface area contributed by atoms with E-state index in [1.165, 1.54) is 38.5 Å². The molecule has 1 amide bonds. The molecule has 1 aliphatic carbocycles. The molecular weight excluding hydrogens is 210 g/mol. The molecule has 2 aliphatic rings. The number of nitrogens with zero attached hydrogens (tertiary/aromatic N) is 1. The third-order valence-electron chi connectivity index (χ3n) is 5.15. The molecule has 0 N–H and O–H groups in total. The average molecular weight is 237 g/mol. The van der Waals surface area contributed by atoms with Gasteiger partial charge in [0.05, 0.1) is 5.41 Å². The Labute approximate surface area is 106 Å². The van der Waals surface area contributed by atoms with Gasteiger partial charge in [-0.05, 0) is 38.0 Å². The normalized spacial score (nSPS) is 34.7. The van der Waals surface area contributed by atoms with Crippen molar-refractivity contribution in [3.05, 3.63) is 0 Å². The summed E-state index contributed by atoms with van der Waals surface area (Å²) in [6.45, 7) is 6.54. The Balaban J connectivity index is 2.17. The van der Waals surface area contributed by atoms with E-state index in [2.05, 4.69) is 18.7 Å². The van der Waals surface area contributed by atoms with Crippen molar-refractivity contribution in [3.8, 4) is 0 Å². The highest BCUT2D eigenvalue weighted by molar-refractivity contribution is 5.83. The van der Waals surface area contributed by atoms with Gasteiger partial charge in [-0.1, -0.05) is 33.1 Å². The maximum Gasteiger partial charge on any atom is 0.229 e. The number of hydrogen-bond donors (Lipinski definition) is 0. The van der Waals surface area contributed by atoms with Crippen molar-refractivity contribution in [3.63, 3.8) is 0 Å². The predicted molar refractivity (Wildman–Crippen MR) is 70.8 cm³/mol. The van der Waals surface area contributed by atoms with Gasteiger partial charge in [-0.2, -0.15) is 0 Å². The second-order valence-corrected chi connectivity index (χ2v) is 6.01. The van der Waals surface area contributed by atoms with Crippen LogP contribution in [0, 0.1) is 11.3 Å². The summed E-state index contributed by atoms with van der Waals surface area (Å²) in [6.07, 6.45) is 9.70. The molecule has 1 saturated heterocycles. The van der Waals surface area contributed by atoms with Crippen LogP contribution in [0.25, 0.3) is 0 Å². The topological polar surface area (TPSA) is 20.3 Å². The van der Waals surface area contributed by atoms with Gasteiger partial charge in [0.15, 0.2) is 0 Å². The SMILES string of the molecule is CCC1(C(=O)N2CCCC2)CCCCCC1C. The summed E-state index contributed by atoms with van der Waals surface area (Å²) >= 11 is 0. The van der Waals surface area contributed by atoms with E-state index in [1.807, 2.05) is 0 Å². The number of hydrogen-bond acceptors (Lipinski definition) is 1. The monoisotopic (exact) mass is 237 g/mol. The highest BCUT2D eigenvalue weighted by Gasteiger charge is 2.44. The van der Waals surface area contributed by atoms with Gasteiger partial charge >= 0.3 is 0 Å². The Morgan fingerprint density at radius 3 is 2.53 bits per heavy atom. The maximum absolute atomic E-state index is 12.8. The van der Waals surface area contributed by atoms with E-state index in [4.69, 9.17) is 0 Å². The van der Waals surface area contributed by atoms with Crippen LogP contribution in [0.3, 0.4) is 0 Å². The van der Waals surface area contributed by atoms with Gasteiger partial charge in [0, 0.05) is 13.1 Å². The highest BCUT2D eigenvalue weighted by Crippen LogP contribution is 2.44. The number of likely N-dealkylation sites (tertiary alicyclic amines) is 1. The first kappa shape index (κ1) is 12.9. The van der Waals surface area contributed by atoms with Gasteiger partial charge in [0.1, 0.15) is 0 Å². The van der Waals surface area contributed by atoms with Crippen molar-refractivity contribution in [1.82, 2.24) is 4.90 Å². The molecule has 17 heavy (non-hydrogen) atoms. The summed E-state index contributed by atoms with van der Waals surface area (Å²) in [5, 5.41) is 0. The maximum atomic E-state index is 12.8. The molecule has 0 radical (unpaired) electrons. The minimum Gasteiger partial charge on any atom is -0.342 e. The Morgan fingerprint density at radius 1 is 1.18 bits per heavy atom. The molecule has 2 atom stereocenters. The van der Waals surface area contributed by atoms with Crippen LogP contribution < -0.4 is 0 Å². The first-order valence-corrected chi connectivity index (χ1v) is 7.50. The standard InChI is InChI=1S/C15H27NO/c1-3-15(10-6-4-5-9-13(15)2)14(17)16-11-7-8-12-16/h13H,3-12H2,1-2H3. The fourth-order valence-electron chi connectivity index (χ4n) is 3.82. The lowest BCUT2D eigenvalue weighted by atomic mass is 9.69. The summed E-state index contributed by atoms with van der Waals surface area (Å²) < 4.78 is 0. The van der Waals surface area contributed by atoms with Gasteiger partial charge in [-0.25, -0.2) is 0 Å². The van der Waals surface area contributed by atoms with E-state index >= 15 is 0 Å². The van der Waals surface area contributed by atoms with Gasteiger partial charge in [0.25, 0.3) is 0 Å². The van der Waals surface area contributed by atoms with E-state index in [0.717, 1.165) is 25.9 Å². The van der Waals surface area contributed by atoms with Gasteiger partial charge in [0.2, 0.25) is 5.91 Å². The second-order valence-electron chi connectivity index (χ2n) is 6.01. The number of rotatable bonds is 2. The fourth-order valence-corrected chi connectivity index (χ4v) is 3.82. The number of amides is 1. The van der Waals surface area contributed by atoms with E-state index < -0.39 is 0 Å². The van der Waals surface area contributed by atoms with Crippen molar-refractivity contribution in [2.45, 2.75) is 65.2 Å². The smallest absolute Gasteiger partial charge is 0.229 e. The molecule has 2 nitrogen and oxygen atoms in total. The molecule has 1 heterocycles. The lowest BCUT2D eigenvalue weighted by Crippen LogP contribution is -2.45. The average Bonchev–Trinajstić information content (AvgIpc) is 2.80. The Morgan fingerprint density at radius 2 is 1.88 bits per heavy atom. The molecule has 0 aromatic rings. The number of carbonyl (C=O) groups excluding carboxylic acids is 1. The lowest BCUT2D eigenvalue weighted by molar-refractivity contribution is -0.145. The van der Waals surface area contributed by atoms with Crippen LogP contribution >= 0.6 is 0 Å². The Hall–Kier alpha value is -0.530. The summed E-state index contributed by atoms with van der Waals surface area (Å²) in [7, 11) is 0. The molecule has 1 saturated carbocycles. The quantitative estimate of drug-likeness (QED) is 0.672. The molecule has 2 rings (SSSR count). The second kappa shape index (κ2) is 5.41. The van der Waals surface area contributed by atoms with Crippen LogP contribution in [0.15, 0.2) is 0 Å². The number of carbonyl (C=O) groups is 1. The molecule has 2 heteroatoms. The van der Waals surface area contributed by atoms with Crippen LogP contribution in [0.2, 0.25) is 0 Å². The van der Waals surface area contributed by atoms with Gasteiger partial charge in [-0.3, -0.25) is 4.79 Å². The van der Waals surface area contributed by atoms with Gasteiger partial charge < -0.3 is 4.90 Å². The van der Waals surface area contributed by atoms with Crippen LogP contribution in [0.5, 0.6) is 0 Å². The lowest BCUT2D eigenvalue weighted by Gasteiger charge is -2.39. The highest BCUT2D eigenvalue weighted by atomic mass is 16.2. The first-order valence-electron chi connectivity index (χ1n) is 7.50. The molecule has 0 aromatic carbocycles. The third-order valence-corrected chi connectivity index (χ3v) is 5.15. The van der Waals surface area contributed by atoms with Gasteiger partial charge in [-0.15, -0.1) is 0 Å². The van der Waals surface area contributed by atoms with Crippen molar-refractivity contribution in [1.29, 1.82) is 0 Å². The van der Waals surface area contributed by atoms with E-state index in [1.54, 1.807) is 0 Å². The molecule has 2 unspecified atom stereocenters. The van der Waals surface area contributed by atoms with Crippen LogP contribution in [-0.4, -0.2) is 23.9 Å². The molecule has 2 fully saturated rings. The fraction of sp³-hybridized carbons (Fsp3) is 0.933. The Bertz CT molecular complexity index is 270.